The van der Waals surface area contributed by atoms with Gasteiger partial charge in [-0.1, -0.05) is 34.1 Å². The van der Waals surface area contributed by atoms with Crippen LogP contribution in [0.4, 0.5) is 8.78 Å². The summed E-state index contributed by atoms with van der Waals surface area (Å²) in [5.74, 6) is -0.397. The van der Waals surface area contributed by atoms with E-state index >= 15 is 0 Å². The smallest absolute Gasteiger partial charge is 0.129 e. The molecule has 20 heavy (non-hydrogen) atoms. The molecule has 1 nitrogen and oxygen atoms in total. The predicted octanol–water partition coefficient (Wildman–Crippen LogP) is 4.63. The Morgan fingerprint density at radius 3 is 2.25 bits per heavy atom. The number of nitrogens with one attached hydrogen (secondary N) is 1. The summed E-state index contributed by atoms with van der Waals surface area (Å²) in [6.45, 7) is 4.52. The molecule has 4 heteroatoms. The molecule has 0 aliphatic rings. The Bertz CT molecular complexity index is 603. The standard InChI is InChI=1S/C16H16BrF2N/c1-10-5-12(6-11(2)16(10)19)8-20-9-13-3-4-14(17)7-15(13)18/h3-7,20H,8-9H2,1-2H3. The Balaban J connectivity index is 1.99. The molecule has 0 bridgehead atoms. The molecule has 0 saturated heterocycles. The highest BCUT2D eigenvalue weighted by Gasteiger charge is 2.05. The van der Waals surface area contributed by atoms with Crippen molar-refractivity contribution in [1.82, 2.24) is 5.32 Å². The van der Waals surface area contributed by atoms with Crippen LogP contribution in [-0.4, -0.2) is 0 Å². The summed E-state index contributed by atoms with van der Waals surface area (Å²) in [6.07, 6.45) is 0. The van der Waals surface area contributed by atoms with Gasteiger partial charge in [0.2, 0.25) is 0 Å². The molecule has 0 saturated carbocycles. The minimum Gasteiger partial charge on any atom is -0.309 e. The molecular weight excluding hydrogens is 324 g/mol. The molecule has 2 aromatic rings. The van der Waals surface area contributed by atoms with E-state index in [1.54, 1.807) is 19.9 Å². The zero-order chi connectivity index (χ0) is 14.7. The van der Waals surface area contributed by atoms with E-state index < -0.39 is 0 Å². The summed E-state index contributed by atoms with van der Waals surface area (Å²) >= 11 is 3.23. The normalized spacial score (nSPS) is 10.8. The van der Waals surface area contributed by atoms with E-state index in [9.17, 15) is 8.78 Å². The molecule has 0 aliphatic carbocycles. The van der Waals surface area contributed by atoms with Crippen LogP contribution in [0.1, 0.15) is 22.3 Å². The molecule has 0 spiro atoms. The minimum atomic E-state index is -0.238. The van der Waals surface area contributed by atoms with Crippen LogP contribution in [0.2, 0.25) is 0 Å². The SMILES string of the molecule is Cc1cc(CNCc2ccc(Br)cc2F)cc(C)c1F. The monoisotopic (exact) mass is 339 g/mol. The van der Waals surface area contributed by atoms with Crippen LogP contribution < -0.4 is 5.32 Å². The summed E-state index contributed by atoms with van der Waals surface area (Å²) in [7, 11) is 0. The van der Waals surface area contributed by atoms with Gasteiger partial charge in [-0.3, -0.25) is 0 Å². The summed E-state index contributed by atoms with van der Waals surface area (Å²) in [5.41, 5.74) is 2.89. The molecule has 0 aromatic heterocycles. The number of hydrogen-bond acceptors (Lipinski definition) is 1. The summed E-state index contributed by atoms with van der Waals surface area (Å²) < 4.78 is 27.9. The van der Waals surface area contributed by atoms with Gasteiger partial charge in [0.05, 0.1) is 0 Å². The Morgan fingerprint density at radius 1 is 1.00 bits per heavy atom. The minimum absolute atomic E-state index is 0.160. The Hall–Kier alpha value is -1.26. The zero-order valence-corrected chi connectivity index (χ0v) is 13.0. The lowest BCUT2D eigenvalue weighted by Crippen LogP contribution is -2.14. The zero-order valence-electron chi connectivity index (χ0n) is 11.4. The van der Waals surface area contributed by atoms with Crippen molar-refractivity contribution in [1.29, 1.82) is 0 Å². The van der Waals surface area contributed by atoms with Crippen LogP contribution in [0.3, 0.4) is 0 Å². The van der Waals surface area contributed by atoms with Crippen molar-refractivity contribution in [2.45, 2.75) is 26.9 Å². The van der Waals surface area contributed by atoms with Crippen LogP contribution >= 0.6 is 15.9 Å². The quantitative estimate of drug-likeness (QED) is 0.855. The number of halogens is 3. The topological polar surface area (TPSA) is 12.0 Å². The largest absolute Gasteiger partial charge is 0.309 e. The first-order valence-corrected chi connectivity index (χ1v) is 7.17. The van der Waals surface area contributed by atoms with Gasteiger partial charge in [0.25, 0.3) is 0 Å². The molecule has 0 aliphatic heterocycles. The van der Waals surface area contributed by atoms with Gasteiger partial charge in [-0.05, 0) is 42.7 Å². The third kappa shape index (κ3) is 3.64. The molecule has 0 heterocycles. The van der Waals surface area contributed by atoms with Crippen molar-refractivity contribution in [3.63, 3.8) is 0 Å². The van der Waals surface area contributed by atoms with Gasteiger partial charge in [0.15, 0.2) is 0 Å². The van der Waals surface area contributed by atoms with E-state index in [1.807, 2.05) is 18.2 Å². The molecule has 0 fully saturated rings. The molecule has 0 unspecified atom stereocenters. The third-order valence-corrected chi connectivity index (χ3v) is 3.65. The molecule has 106 valence electrons. The fourth-order valence-corrected chi connectivity index (χ4v) is 2.48. The number of benzene rings is 2. The van der Waals surface area contributed by atoms with Crippen LogP contribution in [0.15, 0.2) is 34.8 Å². The van der Waals surface area contributed by atoms with E-state index in [4.69, 9.17) is 0 Å². The Labute approximate surface area is 126 Å². The highest BCUT2D eigenvalue weighted by molar-refractivity contribution is 9.10. The molecular formula is C16H16BrF2N. The second-order valence-corrected chi connectivity index (χ2v) is 5.80. The van der Waals surface area contributed by atoms with Gasteiger partial charge in [0, 0.05) is 23.1 Å². The van der Waals surface area contributed by atoms with Crippen molar-refractivity contribution in [2.75, 3.05) is 0 Å². The Kier molecular flexibility index (Phi) is 4.89. The lowest BCUT2D eigenvalue weighted by molar-refractivity contribution is 0.585. The highest BCUT2D eigenvalue weighted by atomic mass is 79.9. The Morgan fingerprint density at radius 2 is 1.65 bits per heavy atom. The van der Waals surface area contributed by atoms with Gasteiger partial charge in [0.1, 0.15) is 11.6 Å². The maximum Gasteiger partial charge on any atom is 0.129 e. The van der Waals surface area contributed by atoms with Gasteiger partial charge in [-0.25, -0.2) is 8.78 Å². The summed E-state index contributed by atoms with van der Waals surface area (Å²) in [6, 6.07) is 8.63. The van der Waals surface area contributed by atoms with Crippen LogP contribution in [-0.2, 0) is 13.1 Å². The molecule has 2 aromatic carbocycles. The lowest BCUT2D eigenvalue weighted by atomic mass is 10.1. The van der Waals surface area contributed by atoms with Gasteiger partial charge < -0.3 is 5.32 Å². The van der Waals surface area contributed by atoms with Crippen LogP contribution in [0, 0.1) is 25.5 Å². The fraction of sp³-hybridized carbons (Fsp3) is 0.250. The van der Waals surface area contributed by atoms with Crippen LogP contribution in [0.25, 0.3) is 0 Å². The van der Waals surface area contributed by atoms with Gasteiger partial charge >= 0.3 is 0 Å². The van der Waals surface area contributed by atoms with E-state index in [0.717, 1.165) is 10.0 Å². The molecule has 0 atom stereocenters. The molecule has 1 N–H and O–H groups in total. The van der Waals surface area contributed by atoms with E-state index in [-0.39, 0.29) is 11.6 Å². The molecule has 2 rings (SSSR count). The van der Waals surface area contributed by atoms with Gasteiger partial charge in [-0.2, -0.15) is 0 Å². The fourth-order valence-electron chi connectivity index (χ4n) is 2.14. The molecule has 0 radical (unpaired) electrons. The van der Waals surface area contributed by atoms with Crippen molar-refractivity contribution >= 4 is 15.9 Å². The van der Waals surface area contributed by atoms with Crippen molar-refractivity contribution in [3.8, 4) is 0 Å². The van der Waals surface area contributed by atoms with Crippen molar-refractivity contribution < 1.29 is 8.78 Å². The third-order valence-electron chi connectivity index (χ3n) is 3.16. The van der Waals surface area contributed by atoms with E-state index in [2.05, 4.69) is 21.2 Å². The lowest BCUT2D eigenvalue weighted by Gasteiger charge is -2.09. The average molecular weight is 340 g/mol. The van der Waals surface area contributed by atoms with Gasteiger partial charge in [-0.15, -0.1) is 0 Å². The van der Waals surface area contributed by atoms with E-state index in [0.29, 0.717) is 29.8 Å². The first-order valence-electron chi connectivity index (χ1n) is 6.37. The highest BCUT2D eigenvalue weighted by Crippen LogP contribution is 2.16. The second-order valence-electron chi connectivity index (χ2n) is 4.88. The van der Waals surface area contributed by atoms with Crippen molar-refractivity contribution in [2.24, 2.45) is 0 Å². The number of hydrogen-bond donors (Lipinski definition) is 1. The van der Waals surface area contributed by atoms with E-state index in [1.165, 1.54) is 6.07 Å². The summed E-state index contributed by atoms with van der Waals surface area (Å²) in [5, 5.41) is 3.17. The average Bonchev–Trinajstić information content (AvgIpc) is 2.38. The first-order chi connectivity index (χ1) is 9.47. The van der Waals surface area contributed by atoms with Crippen molar-refractivity contribution in [3.05, 3.63) is 68.7 Å². The maximum atomic E-state index is 13.6. The number of aryl methyl sites for hydroxylation is 2. The van der Waals surface area contributed by atoms with Crippen LogP contribution in [0.5, 0.6) is 0 Å². The molecule has 0 amide bonds. The second kappa shape index (κ2) is 6.46. The predicted molar refractivity (Wildman–Crippen MR) is 80.5 cm³/mol. The maximum absolute atomic E-state index is 13.6. The summed E-state index contributed by atoms with van der Waals surface area (Å²) in [4.78, 5) is 0. The first kappa shape index (κ1) is 15.1. The number of rotatable bonds is 4.